The van der Waals surface area contributed by atoms with Crippen LogP contribution in [0.5, 0.6) is 0 Å². The minimum Gasteiger partial charge on any atom is -0.371 e. The summed E-state index contributed by atoms with van der Waals surface area (Å²) in [5, 5.41) is 12.0. The second-order valence-corrected chi connectivity index (χ2v) is 9.59. The van der Waals surface area contributed by atoms with Crippen LogP contribution in [-0.2, 0) is 20.7 Å². The van der Waals surface area contributed by atoms with Gasteiger partial charge in [0, 0.05) is 12.6 Å². The van der Waals surface area contributed by atoms with E-state index in [4.69, 9.17) is 9.47 Å². The average molecular weight is 403 g/mol. The first-order valence-electron chi connectivity index (χ1n) is 11.7. The summed E-state index contributed by atoms with van der Waals surface area (Å²) in [5.74, 6) is 1.46. The third-order valence-corrected chi connectivity index (χ3v) is 7.44. The topological polar surface area (TPSA) is 78.3 Å². The number of carbonyl (C=O) groups is 1. The van der Waals surface area contributed by atoms with E-state index in [9.17, 15) is 4.79 Å². The van der Waals surface area contributed by atoms with Crippen molar-refractivity contribution in [1.82, 2.24) is 20.3 Å². The Labute approximate surface area is 172 Å². The van der Waals surface area contributed by atoms with Crippen molar-refractivity contribution in [3.05, 3.63) is 11.9 Å². The lowest BCUT2D eigenvalue weighted by molar-refractivity contribution is -0.123. The molecule has 0 spiro atoms. The SMILES string of the molecule is O=C(CC1CCCC1)N[C@H]1CO[C@H]2[C@@H]1OC[C@@H]2n1cc(CC2CCCCC2)nn1. The number of amides is 1. The Morgan fingerprint density at radius 2 is 1.72 bits per heavy atom. The van der Waals surface area contributed by atoms with Crippen LogP contribution in [-0.4, -0.2) is 52.4 Å². The minimum absolute atomic E-state index is 0.0457. The Bertz CT molecular complexity index is 696. The van der Waals surface area contributed by atoms with Crippen LogP contribution < -0.4 is 5.32 Å². The molecule has 2 aliphatic carbocycles. The Balaban J connectivity index is 1.15. The highest BCUT2D eigenvalue weighted by Gasteiger charge is 2.49. The molecule has 1 aromatic heterocycles. The van der Waals surface area contributed by atoms with E-state index in [2.05, 4.69) is 21.8 Å². The molecule has 7 nitrogen and oxygen atoms in total. The third kappa shape index (κ3) is 4.36. The zero-order valence-corrected chi connectivity index (χ0v) is 17.3. The fourth-order valence-corrected chi connectivity index (χ4v) is 5.83. The number of carbonyl (C=O) groups excluding carboxylic acids is 1. The first-order valence-corrected chi connectivity index (χ1v) is 11.7. The van der Waals surface area contributed by atoms with Crippen LogP contribution in [0.2, 0.25) is 0 Å². The molecule has 5 rings (SSSR count). The number of hydrogen-bond donors (Lipinski definition) is 1. The number of hydrogen-bond acceptors (Lipinski definition) is 5. The predicted molar refractivity (Wildman–Crippen MR) is 107 cm³/mol. The lowest BCUT2D eigenvalue weighted by Crippen LogP contribution is -2.44. The van der Waals surface area contributed by atoms with Crippen molar-refractivity contribution in [2.24, 2.45) is 11.8 Å². The van der Waals surface area contributed by atoms with Gasteiger partial charge in [-0.1, -0.05) is 50.2 Å². The van der Waals surface area contributed by atoms with Crippen molar-refractivity contribution < 1.29 is 14.3 Å². The van der Waals surface area contributed by atoms with Crippen LogP contribution in [0.1, 0.15) is 75.9 Å². The molecule has 3 heterocycles. The largest absolute Gasteiger partial charge is 0.371 e. The van der Waals surface area contributed by atoms with E-state index in [1.54, 1.807) is 0 Å². The molecule has 160 valence electrons. The van der Waals surface area contributed by atoms with Gasteiger partial charge < -0.3 is 14.8 Å². The number of nitrogens with one attached hydrogen (secondary N) is 1. The molecule has 4 fully saturated rings. The molecular weight excluding hydrogens is 368 g/mol. The fourth-order valence-electron chi connectivity index (χ4n) is 5.83. The van der Waals surface area contributed by atoms with Crippen molar-refractivity contribution in [3.8, 4) is 0 Å². The summed E-state index contributed by atoms with van der Waals surface area (Å²) in [4.78, 5) is 12.4. The van der Waals surface area contributed by atoms with Gasteiger partial charge in [0.15, 0.2) is 0 Å². The van der Waals surface area contributed by atoms with E-state index in [0.717, 1.165) is 18.0 Å². The highest BCUT2D eigenvalue weighted by molar-refractivity contribution is 5.76. The maximum absolute atomic E-state index is 12.4. The Hall–Kier alpha value is -1.47. The molecule has 0 aromatic carbocycles. The van der Waals surface area contributed by atoms with Crippen molar-refractivity contribution >= 4 is 5.91 Å². The molecular formula is C22H34N4O3. The summed E-state index contributed by atoms with van der Waals surface area (Å²) in [6, 6.07) is -0.00604. The van der Waals surface area contributed by atoms with Gasteiger partial charge in [0.2, 0.25) is 5.91 Å². The Morgan fingerprint density at radius 3 is 2.55 bits per heavy atom. The van der Waals surface area contributed by atoms with Gasteiger partial charge in [-0.2, -0.15) is 0 Å². The van der Waals surface area contributed by atoms with Gasteiger partial charge in [-0.25, -0.2) is 4.68 Å². The summed E-state index contributed by atoms with van der Waals surface area (Å²) in [6.07, 6.45) is 15.2. The quantitative estimate of drug-likeness (QED) is 0.792. The first-order chi connectivity index (χ1) is 14.3. The summed E-state index contributed by atoms with van der Waals surface area (Å²) in [6.45, 7) is 1.09. The van der Waals surface area contributed by atoms with Crippen LogP contribution in [0.15, 0.2) is 6.20 Å². The molecule has 4 atom stereocenters. The summed E-state index contributed by atoms with van der Waals surface area (Å²) in [7, 11) is 0. The average Bonchev–Trinajstić information content (AvgIpc) is 3.49. The zero-order valence-electron chi connectivity index (χ0n) is 17.3. The second kappa shape index (κ2) is 8.72. The van der Waals surface area contributed by atoms with Crippen molar-refractivity contribution in [2.75, 3.05) is 13.2 Å². The molecule has 0 radical (unpaired) electrons. The van der Waals surface area contributed by atoms with Crippen molar-refractivity contribution in [1.29, 1.82) is 0 Å². The Morgan fingerprint density at radius 1 is 1.00 bits per heavy atom. The minimum atomic E-state index is -0.0847. The molecule has 4 aliphatic rings. The van der Waals surface area contributed by atoms with Gasteiger partial charge in [-0.15, -0.1) is 5.10 Å². The number of aromatic nitrogens is 3. The molecule has 0 unspecified atom stereocenters. The first kappa shape index (κ1) is 19.5. The maximum Gasteiger partial charge on any atom is 0.220 e. The normalized spacial score (nSPS) is 33.2. The van der Waals surface area contributed by atoms with Gasteiger partial charge in [0.25, 0.3) is 0 Å². The van der Waals surface area contributed by atoms with Crippen LogP contribution in [0.3, 0.4) is 0 Å². The molecule has 29 heavy (non-hydrogen) atoms. The van der Waals surface area contributed by atoms with Crippen molar-refractivity contribution in [3.63, 3.8) is 0 Å². The third-order valence-electron chi connectivity index (χ3n) is 7.44. The van der Waals surface area contributed by atoms with E-state index in [-0.39, 0.29) is 30.2 Å². The zero-order chi connectivity index (χ0) is 19.6. The van der Waals surface area contributed by atoms with E-state index in [1.807, 2.05) is 4.68 Å². The highest BCUT2D eigenvalue weighted by Crippen LogP contribution is 2.35. The second-order valence-electron chi connectivity index (χ2n) is 9.59. The standard InChI is InChI=1S/C22H34N4O3/c27-20(11-16-8-4-5-9-16)23-18-13-28-22-19(14-29-21(18)22)26-12-17(24-25-26)10-15-6-2-1-3-7-15/h12,15-16,18-19,21-22H,1-11,13-14H2,(H,23,27)/t18-,19-,21+,22+/m0/s1. The van der Waals surface area contributed by atoms with Crippen LogP contribution in [0, 0.1) is 11.8 Å². The van der Waals surface area contributed by atoms with Gasteiger partial charge in [0.1, 0.15) is 18.2 Å². The molecule has 1 amide bonds. The summed E-state index contributed by atoms with van der Waals surface area (Å²) < 4.78 is 14.1. The maximum atomic E-state index is 12.4. The molecule has 2 saturated heterocycles. The molecule has 7 heteroatoms. The number of fused-ring (bicyclic) bond motifs is 1. The van der Waals surface area contributed by atoms with Crippen LogP contribution in [0.25, 0.3) is 0 Å². The van der Waals surface area contributed by atoms with E-state index >= 15 is 0 Å². The predicted octanol–water partition coefficient (Wildman–Crippen LogP) is 2.80. The fraction of sp³-hybridized carbons (Fsp3) is 0.864. The number of ether oxygens (including phenoxy) is 2. The van der Waals surface area contributed by atoms with Crippen LogP contribution >= 0.6 is 0 Å². The summed E-state index contributed by atoms with van der Waals surface area (Å²) >= 11 is 0. The van der Waals surface area contributed by atoms with Gasteiger partial charge in [0.05, 0.1) is 24.9 Å². The number of rotatable bonds is 6. The van der Waals surface area contributed by atoms with Gasteiger partial charge >= 0.3 is 0 Å². The lowest BCUT2D eigenvalue weighted by Gasteiger charge is -2.20. The highest BCUT2D eigenvalue weighted by atomic mass is 16.6. The Kier molecular flexibility index (Phi) is 5.86. The van der Waals surface area contributed by atoms with E-state index in [1.165, 1.54) is 57.8 Å². The van der Waals surface area contributed by atoms with Gasteiger partial charge in [-0.3, -0.25) is 4.79 Å². The molecule has 1 N–H and O–H groups in total. The van der Waals surface area contributed by atoms with E-state index < -0.39 is 0 Å². The van der Waals surface area contributed by atoms with Gasteiger partial charge in [-0.05, 0) is 31.1 Å². The lowest BCUT2D eigenvalue weighted by atomic mass is 9.86. The van der Waals surface area contributed by atoms with Crippen LogP contribution in [0.4, 0.5) is 0 Å². The smallest absolute Gasteiger partial charge is 0.220 e. The summed E-state index contributed by atoms with van der Waals surface area (Å²) in [5.41, 5.74) is 1.08. The molecule has 1 aromatic rings. The molecule has 0 bridgehead atoms. The number of nitrogens with zero attached hydrogens (tertiary/aromatic N) is 3. The monoisotopic (exact) mass is 402 g/mol. The van der Waals surface area contributed by atoms with Crippen molar-refractivity contribution in [2.45, 2.75) is 94.9 Å². The van der Waals surface area contributed by atoms with E-state index in [0.29, 0.717) is 25.6 Å². The molecule has 2 saturated carbocycles. The molecule has 2 aliphatic heterocycles.